The van der Waals surface area contributed by atoms with Crippen LogP contribution in [0.2, 0.25) is 5.02 Å². The van der Waals surface area contributed by atoms with Gasteiger partial charge in [-0.3, -0.25) is 9.10 Å². The molecule has 162 valence electrons. The van der Waals surface area contributed by atoms with Crippen LogP contribution in [0.1, 0.15) is 15.9 Å². The van der Waals surface area contributed by atoms with Crippen molar-refractivity contribution in [3.63, 3.8) is 0 Å². The predicted octanol–water partition coefficient (Wildman–Crippen LogP) is 5.04. The molecule has 0 spiro atoms. The highest BCUT2D eigenvalue weighted by Crippen LogP contribution is 2.29. The molecule has 32 heavy (non-hydrogen) atoms. The lowest BCUT2D eigenvalue weighted by Crippen LogP contribution is -2.31. The number of sulfonamides is 1. The Balaban J connectivity index is 1.92. The molecule has 0 aromatic heterocycles. The van der Waals surface area contributed by atoms with Gasteiger partial charge in [0.15, 0.2) is 0 Å². The number of hydrogen-bond donors (Lipinski definition) is 1. The third kappa shape index (κ3) is 5.17. The van der Waals surface area contributed by atoms with Gasteiger partial charge < -0.3 is 5.32 Å². The molecule has 0 unspecified atom stereocenters. The molecule has 0 fully saturated rings. The highest BCUT2D eigenvalue weighted by atomic mass is 35.5. The molecule has 3 aromatic rings. The number of hydrogen-bond acceptors (Lipinski definition) is 4. The quantitative estimate of drug-likeness (QED) is 0.472. The summed E-state index contributed by atoms with van der Waals surface area (Å²) in [4.78, 5) is 12.6. The summed E-state index contributed by atoms with van der Waals surface area (Å²) >= 11 is 6.23. The van der Waals surface area contributed by atoms with Crippen LogP contribution >= 0.6 is 11.6 Å². The smallest absolute Gasteiger partial charge is 0.266 e. The van der Waals surface area contributed by atoms with Gasteiger partial charge in [0.25, 0.3) is 15.9 Å². The molecule has 0 radical (unpaired) electrons. The van der Waals surface area contributed by atoms with Gasteiger partial charge in [0.2, 0.25) is 0 Å². The molecule has 0 saturated carbocycles. The van der Waals surface area contributed by atoms with Gasteiger partial charge in [-0.05, 0) is 48.0 Å². The maximum absolute atomic E-state index is 13.4. The van der Waals surface area contributed by atoms with E-state index < -0.39 is 15.9 Å². The van der Waals surface area contributed by atoms with Crippen LogP contribution in [0.3, 0.4) is 0 Å². The van der Waals surface area contributed by atoms with Gasteiger partial charge in [0, 0.05) is 11.3 Å². The summed E-state index contributed by atoms with van der Waals surface area (Å²) in [5, 5.41) is 11.5. The number of carbonyl (C=O) groups is 1. The number of nitrogens with zero attached hydrogens (tertiary/aromatic N) is 2. The Morgan fingerprint density at radius 3 is 2.41 bits per heavy atom. The SMILES string of the molecule is C=CCN(c1ccccc1)S(=O)(=O)c1cc(C(=O)Nc2ccc(CC#N)cc2)ccc1Cl. The first kappa shape index (κ1) is 23.1. The molecule has 0 aliphatic carbocycles. The molecule has 1 N–H and O–H groups in total. The molecule has 0 aliphatic rings. The summed E-state index contributed by atoms with van der Waals surface area (Å²) < 4.78 is 28.0. The molecule has 0 saturated heterocycles. The summed E-state index contributed by atoms with van der Waals surface area (Å²) in [6, 6.07) is 21.6. The van der Waals surface area contributed by atoms with E-state index in [1.807, 2.05) is 0 Å². The summed E-state index contributed by atoms with van der Waals surface area (Å²) in [6.07, 6.45) is 1.75. The summed E-state index contributed by atoms with van der Waals surface area (Å²) in [6.45, 7) is 3.68. The van der Waals surface area contributed by atoms with Gasteiger partial charge >= 0.3 is 0 Å². The number of nitriles is 1. The van der Waals surface area contributed by atoms with Crippen LogP contribution < -0.4 is 9.62 Å². The second-order valence-electron chi connectivity index (χ2n) is 6.79. The van der Waals surface area contributed by atoms with Gasteiger partial charge in [-0.2, -0.15) is 5.26 Å². The molecular weight excluding hydrogens is 446 g/mol. The fourth-order valence-electron chi connectivity index (χ4n) is 3.02. The van der Waals surface area contributed by atoms with Gasteiger partial charge in [0.1, 0.15) is 4.90 Å². The van der Waals surface area contributed by atoms with Crippen molar-refractivity contribution >= 4 is 38.9 Å². The maximum Gasteiger partial charge on any atom is 0.266 e. The van der Waals surface area contributed by atoms with Crippen molar-refractivity contribution < 1.29 is 13.2 Å². The second-order valence-corrected chi connectivity index (χ2v) is 9.03. The van der Waals surface area contributed by atoms with E-state index in [1.165, 1.54) is 28.6 Å². The molecule has 8 heteroatoms. The average molecular weight is 466 g/mol. The number of benzene rings is 3. The predicted molar refractivity (Wildman–Crippen MR) is 126 cm³/mol. The Morgan fingerprint density at radius 2 is 1.78 bits per heavy atom. The maximum atomic E-state index is 13.4. The highest BCUT2D eigenvalue weighted by molar-refractivity contribution is 7.93. The van der Waals surface area contributed by atoms with E-state index in [-0.39, 0.29) is 28.4 Å². The van der Waals surface area contributed by atoms with E-state index in [2.05, 4.69) is 18.0 Å². The van der Waals surface area contributed by atoms with E-state index >= 15 is 0 Å². The third-order valence-corrected chi connectivity index (χ3v) is 6.87. The number of halogens is 1. The zero-order chi connectivity index (χ0) is 23.1. The second kappa shape index (κ2) is 10.1. The van der Waals surface area contributed by atoms with Gasteiger partial charge in [0.05, 0.1) is 29.7 Å². The molecule has 0 heterocycles. The van der Waals surface area contributed by atoms with E-state index in [9.17, 15) is 13.2 Å². The van der Waals surface area contributed by atoms with Crippen molar-refractivity contribution in [1.29, 1.82) is 5.26 Å². The molecule has 0 atom stereocenters. The number of nitrogens with one attached hydrogen (secondary N) is 1. The van der Waals surface area contributed by atoms with Crippen molar-refractivity contribution in [3.8, 4) is 6.07 Å². The first-order chi connectivity index (χ1) is 15.4. The van der Waals surface area contributed by atoms with Crippen molar-refractivity contribution in [2.75, 3.05) is 16.2 Å². The van der Waals surface area contributed by atoms with Crippen LogP contribution in [0.25, 0.3) is 0 Å². The molecule has 6 nitrogen and oxygen atoms in total. The molecule has 3 aromatic carbocycles. The van der Waals surface area contributed by atoms with E-state index in [4.69, 9.17) is 16.9 Å². The standard InChI is InChI=1S/C24H20ClN3O3S/c1-2-16-28(21-6-4-3-5-7-21)32(30,31)23-17-19(10-13-22(23)25)24(29)27-20-11-8-18(9-12-20)14-15-26/h2-13,17H,1,14,16H2,(H,27,29). The van der Waals surface area contributed by atoms with E-state index in [0.29, 0.717) is 11.4 Å². The minimum atomic E-state index is -4.07. The van der Waals surface area contributed by atoms with Gasteiger partial charge in [-0.15, -0.1) is 6.58 Å². The number of para-hydroxylation sites is 1. The number of carbonyl (C=O) groups excluding carboxylic acids is 1. The monoisotopic (exact) mass is 465 g/mol. The van der Waals surface area contributed by atoms with Crippen LogP contribution in [0, 0.1) is 11.3 Å². The lowest BCUT2D eigenvalue weighted by Gasteiger charge is -2.24. The largest absolute Gasteiger partial charge is 0.322 e. The van der Waals surface area contributed by atoms with Crippen LogP contribution in [0.5, 0.6) is 0 Å². The zero-order valence-corrected chi connectivity index (χ0v) is 18.6. The highest BCUT2D eigenvalue weighted by Gasteiger charge is 2.27. The van der Waals surface area contributed by atoms with Crippen molar-refractivity contribution in [3.05, 3.63) is 102 Å². The molecule has 3 rings (SSSR count). The van der Waals surface area contributed by atoms with Crippen LogP contribution in [0.4, 0.5) is 11.4 Å². The topological polar surface area (TPSA) is 90.3 Å². The molecular formula is C24H20ClN3O3S. The molecule has 0 aliphatic heterocycles. The zero-order valence-electron chi connectivity index (χ0n) is 17.0. The van der Waals surface area contributed by atoms with Gasteiger partial charge in [-0.25, -0.2) is 8.42 Å². The molecule has 1 amide bonds. The van der Waals surface area contributed by atoms with Crippen LogP contribution in [-0.2, 0) is 16.4 Å². The lowest BCUT2D eigenvalue weighted by atomic mass is 10.1. The number of rotatable bonds is 8. The summed E-state index contributed by atoms with van der Waals surface area (Å²) in [5.41, 5.74) is 1.94. The van der Waals surface area contributed by atoms with Crippen LogP contribution in [-0.4, -0.2) is 20.9 Å². The number of anilines is 2. The van der Waals surface area contributed by atoms with Crippen molar-refractivity contribution in [2.24, 2.45) is 0 Å². The Hall–Kier alpha value is -3.60. The normalized spacial score (nSPS) is 10.8. The summed E-state index contributed by atoms with van der Waals surface area (Å²) in [5.74, 6) is -0.485. The van der Waals surface area contributed by atoms with E-state index in [0.717, 1.165) is 5.56 Å². The Labute approximate surface area is 192 Å². The van der Waals surface area contributed by atoms with Crippen molar-refractivity contribution in [2.45, 2.75) is 11.3 Å². The van der Waals surface area contributed by atoms with Crippen molar-refractivity contribution in [1.82, 2.24) is 0 Å². The van der Waals surface area contributed by atoms with Gasteiger partial charge in [-0.1, -0.05) is 48.0 Å². The fraction of sp³-hybridized carbons (Fsp3) is 0.0833. The Morgan fingerprint density at radius 1 is 1.09 bits per heavy atom. The fourth-order valence-corrected chi connectivity index (χ4v) is 4.95. The average Bonchev–Trinajstić information content (AvgIpc) is 2.79. The Bertz CT molecular complexity index is 1270. The first-order valence-corrected chi connectivity index (χ1v) is 11.4. The minimum Gasteiger partial charge on any atom is -0.322 e. The summed E-state index contributed by atoms with van der Waals surface area (Å²) in [7, 11) is -4.07. The molecule has 0 bridgehead atoms. The number of amides is 1. The minimum absolute atomic E-state index is 0.00685. The van der Waals surface area contributed by atoms with E-state index in [1.54, 1.807) is 54.6 Å². The lowest BCUT2D eigenvalue weighted by molar-refractivity contribution is 0.102. The Kier molecular flexibility index (Phi) is 7.31. The third-order valence-electron chi connectivity index (χ3n) is 4.60. The first-order valence-electron chi connectivity index (χ1n) is 9.62. The van der Waals surface area contributed by atoms with Crippen LogP contribution in [0.15, 0.2) is 90.3 Å².